The molecule has 10 aromatic rings. The number of rotatable bonds is 4. The van der Waals surface area contributed by atoms with Gasteiger partial charge >= 0.3 is 0 Å². The molecular formula is C44H27N3S. The van der Waals surface area contributed by atoms with Crippen LogP contribution in [0.4, 0.5) is 0 Å². The van der Waals surface area contributed by atoms with E-state index in [1.165, 1.54) is 53.2 Å². The molecule has 0 amide bonds. The lowest BCUT2D eigenvalue weighted by molar-refractivity contribution is 1.19. The second-order valence-corrected chi connectivity index (χ2v) is 13.2. The first-order chi connectivity index (χ1) is 23.8. The highest BCUT2D eigenvalue weighted by atomic mass is 32.1. The zero-order valence-electron chi connectivity index (χ0n) is 25.8. The number of para-hydroxylation sites is 2. The average Bonchev–Trinajstić information content (AvgIpc) is 3.69. The van der Waals surface area contributed by atoms with Gasteiger partial charge in [-0.3, -0.25) is 4.40 Å². The quantitative estimate of drug-likeness (QED) is 0.194. The van der Waals surface area contributed by atoms with Crippen molar-refractivity contribution in [2.75, 3.05) is 0 Å². The topological polar surface area (TPSA) is 30.2 Å². The summed E-state index contributed by atoms with van der Waals surface area (Å²) in [5.74, 6) is 0.721. The van der Waals surface area contributed by atoms with Crippen LogP contribution in [0.3, 0.4) is 0 Å². The molecule has 3 aromatic heterocycles. The molecule has 48 heavy (non-hydrogen) atoms. The van der Waals surface area contributed by atoms with Crippen molar-refractivity contribution in [1.29, 1.82) is 0 Å². The Bertz CT molecular complexity index is 2750. The van der Waals surface area contributed by atoms with Crippen molar-refractivity contribution in [2.45, 2.75) is 0 Å². The van der Waals surface area contributed by atoms with E-state index in [0.717, 1.165) is 39.3 Å². The molecule has 0 aliphatic heterocycles. The van der Waals surface area contributed by atoms with Crippen LogP contribution in [0.5, 0.6) is 0 Å². The molecule has 4 heteroatoms. The van der Waals surface area contributed by atoms with Crippen molar-refractivity contribution in [3.63, 3.8) is 0 Å². The van der Waals surface area contributed by atoms with Crippen LogP contribution in [0, 0.1) is 0 Å². The fourth-order valence-electron chi connectivity index (χ4n) is 7.22. The van der Waals surface area contributed by atoms with Gasteiger partial charge in [0, 0.05) is 27.6 Å². The summed E-state index contributed by atoms with van der Waals surface area (Å²) in [6.45, 7) is 0. The summed E-state index contributed by atoms with van der Waals surface area (Å²) >= 11 is 1.85. The first-order valence-corrected chi connectivity index (χ1v) is 17.0. The Morgan fingerprint density at radius 3 is 1.83 bits per heavy atom. The second kappa shape index (κ2) is 10.7. The SMILES string of the molecule is c1cc(-c2cc(-c3cccc4ccccc34)nc(-c3cccc4ccccc34)n2)cc(-c2c3ccccc3n3c2sc2ccccc23)c1. The summed E-state index contributed by atoms with van der Waals surface area (Å²) in [7, 11) is 0. The molecule has 0 radical (unpaired) electrons. The Morgan fingerprint density at radius 1 is 0.438 bits per heavy atom. The van der Waals surface area contributed by atoms with Gasteiger partial charge in [-0.15, -0.1) is 11.3 Å². The van der Waals surface area contributed by atoms with Gasteiger partial charge < -0.3 is 0 Å². The molecule has 224 valence electrons. The van der Waals surface area contributed by atoms with Gasteiger partial charge in [0.05, 0.1) is 27.1 Å². The van der Waals surface area contributed by atoms with Crippen LogP contribution < -0.4 is 0 Å². The average molecular weight is 630 g/mol. The third kappa shape index (κ3) is 4.20. The lowest BCUT2D eigenvalue weighted by Gasteiger charge is -2.13. The maximum absolute atomic E-state index is 5.30. The molecule has 0 aliphatic rings. The minimum absolute atomic E-state index is 0.721. The molecule has 3 heterocycles. The molecule has 0 aliphatic carbocycles. The zero-order valence-corrected chi connectivity index (χ0v) is 26.7. The van der Waals surface area contributed by atoms with Gasteiger partial charge in [-0.2, -0.15) is 0 Å². The number of hydrogen-bond donors (Lipinski definition) is 0. The summed E-state index contributed by atoms with van der Waals surface area (Å²) in [4.78, 5) is 11.8. The lowest BCUT2D eigenvalue weighted by atomic mass is 9.98. The van der Waals surface area contributed by atoms with Crippen LogP contribution in [0.15, 0.2) is 164 Å². The van der Waals surface area contributed by atoms with E-state index in [9.17, 15) is 0 Å². The van der Waals surface area contributed by atoms with Gasteiger partial charge in [0.2, 0.25) is 0 Å². The fourth-order valence-corrected chi connectivity index (χ4v) is 8.46. The molecule has 0 N–H and O–H groups in total. The van der Waals surface area contributed by atoms with E-state index in [1.807, 2.05) is 11.3 Å². The van der Waals surface area contributed by atoms with Gasteiger partial charge in [-0.25, -0.2) is 9.97 Å². The van der Waals surface area contributed by atoms with Crippen molar-refractivity contribution in [3.8, 4) is 45.0 Å². The van der Waals surface area contributed by atoms with Crippen molar-refractivity contribution < 1.29 is 0 Å². The molecule has 0 fully saturated rings. The fraction of sp³-hybridized carbons (Fsp3) is 0. The van der Waals surface area contributed by atoms with Crippen LogP contribution in [0.1, 0.15) is 0 Å². The number of benzene rings is 7. The van der Waals surface area contributed by atoms with E-state index in [0.29, 0.717) is 0 Å². The summed E-state index contributed by atoms with van der Waals surface area (Å²) in [6.07, 6.45) is 0. The van der Waals surface area contributed by atoms with Crippen LogP contribution in [-0.4, -0.2) is 14.4 Å². The maximum atomic E-state index is 5.30. The Hall–Kier alpha value is -6.10. The highest BCUT2D eigenvalue weighted by Crippen LogP contribution is 2.43. The standard InChI is InChI=1S/C44H27N3S/c1-3-18-32-28(12-1)14-10-21-34(32)38-27-37(45-43(46-38)35-22-11-15-29-13-2-4-19-33(29)35)30-16-9-17-31(26-30)42-36-20-5-6-23-39(36)47-40-24-7-8-25-41(40)48-44(42)47/h1-27H. The van der Waals surface area contributed by atoms with E-state index in [1.54, 1.807) is 0 Å². The highest BCUT2D eigenvalue weighted by Gasteiger charge is 2.19. The van der Waals surface area contributed by atoms with E-state index in [-0.39, 0.29) is 0 Å². The number of hydrogen-bond acceptors (Lipinski definition) is 3. The molecule has 0 atom stereocenters. The molecule has 3 nitrogen and oxygen atoms in total. The van der Waals surface area contributed by atoms with Crippen molar-refractivity contribution in [1.82, 2.24) is 14.4 Å². The van der Waals surface area contributed by atoms with E-state index in [4.69, 9.17) is 9.97 Å². The van der Waals surface area contributed by atoms with E-state index < -0.39 is 0 Å². The van der Waals surface area contributed by atoms with Gasteiger partial charge in [0.15, 0.2) is 5.82 Å². The molecule has 7 aromatic carbocycles. The molecule has 10 rings (SSSR count). The van der Waals surface area contributed by atoms with Crippen molar-refractivity contribution >= 4 is 58.8 Å². The number of thiazole rings is 1. The molecule has 0 bridgehead atoms. The minimum atomic E-state index is 0.721. The third-order valence-corrected chi connectivity index (χ3v) is 10.6. The third-order valence-electron chi connectivity index (χ3n) is 9.41. The normalized spacial score (nSPS) is 11.8. The van der Waals surface area contributed by atoms with Gasteiger partial charge in [0.1, 0.15) is 4.83 Å². The van der Waals surface area contributed by atoms with Crippen LogP contribution in [0.25, 0.3) is 92.5 Å². The highest BCUT2D eigenvalue weighted by molar-refractivity contribution is 7.24. The Labute approximate surface area is 281 Å². The number of aromatic nitrogens is 3. The monoisotopic (exact) mass is 629 g/mol. The second-order valence-electron chi connectivity index (χ2n) is 12.2. The smallest absolute Gasteiger partial charge is 0.161 e. The summed E-state index contributed by atoms with van der Waals surface area (Å²) < 4.78 is 3.70. The predicted molar refractivity (Wildman–Crippen MR) is 203 cm³/mol. The first kappa shape index (κ1) is 27.1. The number of fused-ring (bicyclic) bond motifs is 7. The van der Waals surface area contributed by atoms with Crippen LogP contribution in [-0.2, 0) is 0 Å². The summed E-state index contributed by atoms with van der Waals surface area (Å²) in [5, 5.41) is 5.93. The maximum Gasteiger partial charge on any atom is 0.161 e. The van der Waals surface area contributed by atoms with Crippen LogP contribution >= 0.6 is 11.3 Å². The molecule has 0 unspecified atom stereocenters. The lowest BCUT2D eigenvalue weighted by Crippen LogP contribution is -1.97. The Balaban J connectivity index is 1.22. The summed E-state index contributed by atoms with van der Waals surface area (Å²) in [5.41, 5.74) is 9.89. The van der Waals surface area contributed by atoms with Gasteiger partial charge in [-0.05, 0) is 57.4 Å². The van der Waals surface area contributed by atoms with Gasteiger partial charge in [0.25, 0.3) is 0 Å². The molecule has 0 saturated carbocycles. The predicted octanol–water partition coefficient (Wildman–Crippen LogP) is 12.1. The summed E-state index contributed by atoms with van der Waals surface area (Å²) in [6, 6.07) is 58.3. The van der Waals surface area contributed by atoms with Crippen molar-refractivity contribution in [3.05, 3.63) is 164 Å². The molecule has 0 saturated heterocycles. The molecule has 0 spiro atoms. The van der Waals surface area contributed by atoms with Gasteiger partial charge in [-0.1, -0.05) is 133 Å². The van der Waals surface area contributed by atoms with E-state index in [2.05, 4.69) is 168 Å². The minimum Gasteiger partial charge on any atom is -0.299 e. The Morgan fingerprint density at radius 2 is 1.02 bits per heavy atom. The van der Waals surface area contributed by atoms with Crippen LogP contribution in [0.2, 0.25) is 0 Å². The van der Waals surface area contributed by atoms with Crippen molar-refractivity contribution in [2.24, 2.45) is 0 Å². The first-order valence-electron chi connectivity index (χ1n) is 16.2. The number of nitrogens with zero attached hydrogens (tertiary/aromatic N) is 3. The van der Waals surface area contributed by atoms with E-state index >= 15 is 0 Å². The largest absolute Gasteiger partial charge is 0.299 e. The zero-order chi connectivity index (χ0) is 31.6. The Kier molecular flexibility index (Phi) is 6.05. The molecular weight excluding hydrogens is 603 g/mol.